The highest BCUT2D eigenvalue weighted by atomic mass is 79.9. The number of halogens is 1. The van der Waals surface area contributed by atoms with Gasteiger partial charge in [-0.1, -0.05) is 22.0 Å². The van der Waals surface area contributed by atoms with E-state index in [-0.39, 0.29) is 0 Å². The molecule has 2 aromatic rings. The van der Waals surface area contributed by atoms with Crippen molar-refractivity contribution in [1.82, 2.24) is 9.78 Å². The molecular formula is C12H14BrN3O. The van der Waals surface area contributed by atoms with Gasteiger partial charge < -0.3 is 10.5 Å². The van der Waals surface area contributed by atoms with Gasteiger partial charge in [-0.05, 0) is 25.1 Å². The maximum atomic E-state index is 5.84. The summed E-state index contributed by atoms with van der Waals surface area (Å²) in [6.45, 7) is 3.24. The lowest BCUT2D eigenvalue weighted by Gasteiger charge is -2.08. The van der Waals surface area contributed by atoms with E-state index >= 15 is 0 Å². The number of hydrogen-bond donors (Lipinski definition) is 1. The van der Waals surface area contributed by atoms with Crippen LogP contribution in [0.4, 0.5) is 5.69 Å². The molecule has 0 saturated heterocycles. The van der Waals surface area contributed by atoms with Crippen molar-refractivity contribution in [3.8, 4) is 5.75 Å². The molecule has 0 spiro atoms. The second kappa shape index (κ2) is 5.23. The summed E-state index contributed by atoms with van der Waals surface area (Å²) in [5.74, 6) is 0.808. The summed E-state index contributed by atoms with van der Waals surface area (Å²) in [4.78, 5) is 0. The molecule has 0 amide bonds. The van der Waals surface area contributed by atoms with E-state index in [1.54, 1.807) is 6.20 Å². The van der Waals surface area contributed by atoms with Gasteiger partial charge in [-0.2, -0.15) is 5.10 Å². The van der Waals surface area contributed by atoms with Crippen molar-refractivity contribution in [2.24, 2.45) is 0 Å². The Kier molecular flexibility index (Phi) is 3.68. The number of anilines is 1. The number of aryl methyl sites for hydroxylation is 1. The molecule has 5 heteroatoms. The average molecular weight is 296 g/mol. The Hall–Kier alpha value is -1.49. The third kappa shape index (κ3) is 2.79. The second-order valence-corrected chi connectivity index (χ2v) is 4.52. The van der Waals surface area contributed by atoms with Crippen LogP contribution in [0.2, 0.25) is 0 Å². The third-order valence-electron chi connectivity index (χ3n) is 2.45. The number of aromatic nitrogens is 2. The highest BCUT2D eigenvalue weighted by molar-refractivity contribution is 9.10. The zero-order valence-electron chi connectivity index (χ0n) is 9.56. The van der Waals surface area contributed by atoms with E-state index in [4.69, 9.17) is 10.5 Å². The highest BCUT2D eigenvalue weighted by Gasteiger charge is 2.07. The molecule has 0 saturated carbocycles. The van der Waals surface area contributed by atoms with Crippen LogP contribution in [0.5, 0.6) is 5.75 Å². The summed E-state index contributed by atoms with van der Waals surface area (Å²) in [6.07, 6.45) is 1.66. The maximum absolute atomic E-state index is 5.84. The van der Waals surface area contributed by atoms with E-state index in [2.05, 4.69) is 21.0 Å². The molecule has 17 heavy (non-hydrogen) atoms. The SMILES string of the molecule is CCn1ncc(N)c1COc1cccc(Br)c1. The van der Waals surface area contributed by atoms with Crippen LogP contribution in [0.25, 0.3) is 0 Å². The van der Waals surface area contributed by atoms with Gasteiger partial charge in [-0.15, -0.1) is 0 Å². The number of nitrogens with two attached hydrogens (primary N) is 1. The molecule has 90 valence electrons. The highest BCUT2D eigenvalue weighted by Crippen LogP contribution is 2.20. The zero-order valence-corrected chi connectivity index (χ0v) is 11.1. The zero-order chi connectivity index (χ0) is 12.3. The monoisotopic (exact) mass is 295 g/mol. The lowest BCUT2D eigenvalue weighted by molar-refractivity contribution is 0.293. The molecule has 1 aromatic carbocycles. The molecule has 0 aliphatic heterocycles. The minimum atomic E-state index is 0.427. The first-order valence-corrected chi connectivity index (χ1v) is 6.18. The van der Waals surface area contributed by atoms with Crippen LogP contribution >= 0.6 is 15.9 Å². The van der Waals surface area contributed by atoms with Gasteiger partial charge in [-0.25, -0.2) is 0 Å². The smallest absolute Gasteiger partial charge is 0.132 e. The Morgan fingerprint density at radius 2 is 2.29 bits per heavy atom. The van der Waals surface area contributed by atoms with Crippen LogP contribution < -0.4 is 10.5 Å². The van der Waals surface area contributed by atoms with Gasteiger partial charge >= 0.3 is 0 Å². The lowest BCUT2D eigenvalue weighted by atomic mass is 10.3. The topological polar surface area (TPSA) is 53.1 Å². The van der Waals surface area contributed by atoms with Gasteiger partial charge in [0.05, 0.1) is 17.6 Å². The predicted molar refractivity (Wildman–Crippen MR) is 70.8 cm³/mol. The van der Waals surface area contributed by atoms with Crippen molar-refractivity contribution in [1.29, 1.82) is 0 Å². The first kappa shape index (κ1) is 12.0. The molecule has 1 heterocycles. The molecule has 1 aromatic heterocycles. The van der Waals surface area contributed by atoms with E-state index in [0.717, 1.165) is 22.5 Å². The number of rotatable bonds is 4. The molecule has 0 fully saturated rings. The number of benzene rings is 1. The first-order valence-electron chi connectivity index (χ1n) is 5.39. The van der Waals surface area contributed by atoms with Crippen LogP contribution in [-0.2, 0) is 13.2 Å². The van der Waals surface area contributed by atoms with Crippen molar-refractivity contribution in [2.45, 2.75) is 20.1 Å². The number of nitrogens with zero attached hydrogens (tertiary/aromatic N) is 2. The largest absolute Gasteiger partial charge is 0.487 e. The molecule has 0 unspecified atom stereocenters. The molecule has 4 nitrogen and oxygen atoms in total. The Balaban J connectivity index is 2.09. The van der Waals surface area contributed by atoms with Crippen molar-refractivity contribution in [3.63, 3.8) is 0 Å². The molecular weight excluding hydrogens is 282 g/mol. The van der Waals surface area contributed by atoms with Gasteiger partial charge in [0.1, 0.15) is 12.4 Å². The number of ether oxygens (including phenoxy) is 1. The minimum absolute atomic E-state index is 0.427. The van der Waals surface area contributed by atoms with Crippen LogP contribution in [0, 0.1) is 0 Å². The Morgan fingerprint density at radius 3 is 3.00 bits per heavy atom. The molecule has 2 rings (SSSR count). The van der Waals surface area contributed by atoms with Gasteiger partial charge in [-0.3, -0.25) is 4.68 Å². The first-order chi connectivity index (χ1) is 8.20. The molecule has 0 aliphatic carbocycles. The Morgan fingerprint density at radius 1 is 1.47 bits per heavy atom. The fourth-order valence-electron chi connectivity index (χ4n) is 1.56. The second-order valence-electron chi connectivity index (χ2n) is 3.61. The summed E-state index contributed by atoms with van der Waals surface area (Å²) in [7, 11) is 0. The predicted octanol–water partition coefficient (Wildman–Crippen LogP) is 2.83. The normalized spacial score (nSPS) is 10.5. The van der Waals surface area contributed by atoms with Crippen molar-refractivity contribution in [3.05, 3.63) is 40.6 Å². The summed E-state index contributed by atoms with van der Waals surface area (Å²) in [6, 6.07) is 7.72. The third-order valence-corrected chi connectivity index (χ3v) is 2.95. The maximum Gasteiger partial charge on any atom is 0.132 e. The van der Waals surface area contributed by atoms with E-state index in [1.807, 2.05) is 35.9 Å². The van der Waals surface area contributed by atoms with Gasteiger partial charge in [0.2, 0.25) is 0 Å². The summed E-state index contributed by atoms with van der Waals surface area (Å²) >= 11 is 3.40. The number of hydrogen-bond acceptors (Lipinski definition) is 3. The van der Waals surface area contributed by atoms with E-state index in [9.17, 15) is 0 Å². The van der Waals surface area contributed by atoms with Crippen LogP contribution in [0.1, 0.15) is 12.6 Å². The average Bonchev–Trinajstić information content (AvgIpc) is 2.67. The Labute approximate surface area is 109 Å². The fourth-order valence-corrected chi connectivity index (χ4v) is 1.94. The lowest BCUT2D eigenvalue weighted by Crippen LogP contribution is -2.07. The molecule has 0 aliphatic rings. The van der Waals surface area contributed by atoms with Crippen LogP contribution in [-0.4, -0.2) is 9.78 Å². The summed E-state index contributed by atoms with van der Waals surface area (Å²) in [5, 5.41) is 4.17. The van der Waals surface area contributed by atoms with Crippen molar-refractivity contribution in [2.75, 3.05) is 5.73 Å². The van der Waals surface area contributed by atoms with E-state index < -0.39 is 0 Å². The van der Waals surface area contributed by atoms with Crippen LogP contribution in [0.3, 0.4) is 0 Å². The van der Waals surface area contributed by atoms with Gasteiger partial charge in [0, 0.05) is 11.0 Å². The van der Waals surface area contributed by atoms with E-state index in [1.165, 1.54) is 0 Å². The van der Waals surface area contributed by atoms with Gasteiger partial charge in [0.15, 0.2) is 0 Å². The van der Waals surface area contributed by atoms with Crippen LogP contribution in [0.15, 0.2) is 34.9 Å². The number of nitrogen functional groups attached to an aromatic ring is 1. The Bertz CT molecular complexity index is 510. The quantitative estimate of drug-likeness (QED) is 0.944. The molecule has 0 radical (unpaired) electrons. The summed E-state index contributed by atoms with van der Waals surface area (Å²) in [5.41, 5.74) is 7.42. The summed E-state index contributed by atoms with van der Waals surface area (Å²) < 4.78 is 8.52. The standard InChI is InChI=1S/C12H14BrN3O/c1-2-16-12(11(14)7-15-16)8-17-10-5-3-4-9(13)6-10/h3-7H,2,8,14H2,1H3. The van der Waals surface area contributed by atoms with Gasteiger partial charge in [0.25, 0.3) is 0 Å². The molecule has 0 bridgehead atoms. The fraction of sp³-hybridized carbons (Fsp3) is 0.250. The van der Waals surface area contributed by atoms with E-state index in [0.29, 0.717) is 12.3 Å². The van der Waals surface area contributed by atoms with Crippen molar-refractivity contribution >= 4 is 21.6 Å². The van der Waals surface area contributed by atoms with Crippen molar-refractivity contribution < 1.29 is 4.74 Å². The molecule has 0 atom stereocenters. The molecule has 2 N–H and O–H groups in total. The minimum Gasteiger partial charge on any atom is -0.487 e.